The van der Waals surface area contributed by atoms with Crippen molar-refractivity contribution >= 4 is 43.1 Å². The van der Waals surface area contributed by atoms with Gasteiger partial charge >= 0.3 is 0 Å². The summed E-state index contributed by atoms with van der Waals surface area (Å²) in [5, 5.41) is 11.0. The number of fused-ring (bicyclic) bond motifs is 7. The van der Waals surface area contributed by atoms with Gasteiger partial charge in [0.2, 0.25) is 0 Å². The smallest absolute Gasteiger partial charge is 0.00604 e. The molecule has 0 spiro atoms. The van der Waals surface area contributed by atoms with Crippen LogP contribution in [0, 0.1) is 27.7 Å². The highest BCUT2D eigenvalue weighted by Crippen LogP contribution is 2.45. The lowest BCUT2D eigenvalue weighted by Crippen LogP contribution is -1.96. The van der Waals surface area contributed by atoms with Gasteiger partial charge in [0.25, 0.3) is 0 Å². The van der Waals surface area contributed by atoms with Gasteiger partial charge in [0.05, 0.1) is 0 Å². The van der Waals surface area contributed by atoms with Gasteiger partial charge in [-0.25, -0.2) is 0 Å². The summed E-state index contributed by atoms with van der Waals surface area (Å²) < 4.78 is 0. The van der Waals surface area contributed by atoms with Crippen molar-refractivity contribution in [2.24, 2.45) is 0 Å². The Bertz CT molecular complexity index is 2390. The van der Waals surface area contributed by atoms with Gasteiger partial charge in [0, 0.05) is 0 Å². The van der Waals surface area contributed by atoms with Crippen LogP contribution in [0.1, 0.15) is 61.4 Å². The summed E-state index contributed by atoms with van der Waals surface area (Å²) in [6, 6.07) is 50.6. The molecule has 0 nitrogen and oxygen atoms in total. The molecule has 0 bridgehead atoms. The lowest BCUT2D eigenvalue weighted by molar-refractivity contribution is 0.877. The summed E-state index contributed by atoms with van der Waals surface area (Å²) in [4.78, 5) is 0. The van der Waals surface area contributed by atoms with E-state index in [1.807, 2.05) is 19.9 Å². The Hall–Kier alpha value is -5.20. The van der Waals surface area contributed by atoms with Crippen LogP contribution in [0.4, 0.5) is 0 Å². The van der Waals surface area contributed by atoms with Crippen LogP contribution in [0.3, 0.4) is 0 Å². The highest BCUT2D eigenvalue weighted by molar-refractivity contribution is 6.30. The zero-order chi connectivity index (χ0) is 34.7. The average Bonchev–Trinajstić information content (AvgIpc) is 3.13. The minimum atomic E-state index is 0.454. The van der Waals surface area contributed by atoms with Crippen molar-refractivity contribution in [1.82, 2.24) is 0 Å². The second-order valence-corrected chi connectivity index (χ2v) is 13.3. The molecular weight excluding hydrogens is 589 g/mol. The molecule has 8 aromatic rings. The van der Waals surface area contributed by atoms with Crippen molar-refractivity contribution in [3.63, 3.8) is 0 Å². The Morgan fingerprint density at radius 3 is 1.76 bits per heavy atom. The van der Waals surface area contributed by atoms with Crippen molar-refractivity contribution in [2.75, 3.05) is 0 Å². The first kappa shape index (κ1) is 33.7. The van der Waals surface area contributed by atoms with E-state index in [2.05, 4.69) is 175 Å². The molecular formula is C49H48. The largest absolute Gasteiger partial charge is 0.0683 e. The van der Waals surface area contributed by atoms with E-state index in [9.17, 15) is 0 Å². The SMILES string of the molecule is CC.Cc1ccc(-c2ccccc2)cc1.Cc1ccccc1-c1ccc2c3cc4ccccc4c(C)c3c3c(C(C)C)cccc3c2c1C. The molecule has 0 fully saturated rings. The highest BCUT2D eigenvalue weighted by Gasteiger charge is 2.19. The van der Waals surface area contributed by atoms with E-state index in [1.54, 1.807) is 0 Å². The molecule has 0 atom stereocenters. The van der Waals surface area contributed by atoms with Crippen LogP contribution in [0.2, 0.25) is 0 Å². The second kappa shape index (κ2) is 14.5. The standard InChI is InChI=1S/C34H30.C13H12.C2H6/c1-20(2)25-15-10-16-30-32-23(5)28(26-13-8-6-11-21(26)3)17-18-29(32)31-19-24-12-7-9-14-27(24)22(4)33(31)34(25)30;1-11-7-9-13(10-8-11)12-5-3-2-4-6-12;1-2/h6-20H,1-5H3;2-10H,1H3;1-2H3. The van der Waals surface area contributed by atoms with E-state index >= 15 is 0 Å². The molecule has 0 saturated heterocycles. The third-order valence-electron chi connectivity index (χ3n) is 9.90. The van der Waals surface area contributed by atoms with Crippen LogP contribution in [0.5, 0.6) is 0 Å². The lowest BCUT2D eigenvalue weighted by atomic mass is 9.82. The fourth-order valence-electron chi connectivity index (χ4n) is 7.43. The normalized spacial score (nSPS) is 11.0. The Kier molecular flexibility index (Phi) is 9.97. The first-order chi connectivity index (χ1) is 23.8. The van der Waals surface area contributed by atoms with Crippen molar-refractivity contribution in [3.05, 3.63) is 167 Å². The van der Waals surface area contributed by atoms with Gasteiger partial charge in [-0.15, -0.1) is 0 Å². The molecule has 0 aliphatic rings. The van der Waals surface area contributed by atoms with Gasteiger partial charge < -0.3 is 0 Å². The van der Waals surface area contributed by atoms with E-state index in [-0.39, 0.29) is 0 Å². The summed E-state index contributed by atoms with van der Waals surface area (Å²) in [7, 11) is 0. The molecule has 8 aromatic carbocycles. The quantitative estimate of drug-likeness (QED) is 0.134. The number of hydrogen-bond donors (Lipinski definition) is 0. The molecule has 0 N–H and O–H groups in total. The molecule has 8 rings (SSSR count). The van der Waals surface area contributed by atoms with Crippen LogP contribution < -0.4 is 0 Å². The fourth-order valence-corrected chi connectivity index (χ4v) is 7.43. The maximum Gasteiger partial charge on any atom is -0.00604 e. The summed E-state index contributed by atoms with van der Waals surface area (Å²) in [5.41, 5.74) is 12.0. The van der Waals surface area contributed by atoms with E-state index in [0.29, 0.717) is 5.92 Å². The van der Waals surface area contributed by atoms with Crippen LogP contribution in [0.25, 0.3) is 65.3 Å². The van der Waals surface area contributed by atoms with Gasteiger partial charge in [-0.3, -0.25) is 0 Å². The zero-order valence-corrected chi connectivity index (χ0v) is 30.4. The van der Waals surface area contributed by atoms with Gasteiger partial charge in [-0.2, -0.15) is 0 Å². The monoisotopic (exact) mass is 636 g/mol. The molecule has 0 aliphatic heterocycles. The predicted octanol–water partition coefficient (Wildman–Crippen LogP) is 14.7. The fraction of sp³-hybridized carbons (Fsp3) is 0.184. The van der Waals surface area contributed by atoms with Crippen molar-refractivity contribution in [1.29, 1.82) is 0 Å². The average molecular weight is 637 g/mol. The van der Waals surface area contributed by atoms with E-state index in [4.69, 9.17) is 0 Å². The Labute approximate surface area is 293 Å². The maximum atomic E-state index is 2.42. The van der Waals surface area contributed by atoms with E-state index in [1.165, 1.54) is 93.2 Å². The second-order valence-electron chi connectivity index (χ2n) is 13.3. The molecule has 0 saturated carbocycles. The van der Waals surface area contributed by atoms with Gasteiger partial charge in [0.1, 0.15) is 0 Å². The van der Waals surface area contributed by atoms with Crippen LogP contribution in [0.15, 0.2) is 140 Å². The summed E-state index contributed by atoms with van der Waals surface area (Å²) in [6.07, 6.45) is 0. The minimum Gasteiger partial charge on any atom is -0.0683 e. The lowest BCUT2D eigenvalue weighted by Gasteiger charge is -2.21. The molecule has 0 heterocycles. The van der Waals surface area contributed by atoms with Crippen LogP contribution in [-0.4, -0.2) is 0 Å². The summed E-state index contributed by atoms with van der Waals surface area (Å²) in [5.74, 6) is 0.454. The topological polar surface area (TPSA) is 0 Å². The molecule has 0 unspecified atom stereocenters. The van der Waals surface area contributed by atoms with Crippen molar-refractivity contribution in [2.45, 2.75) is 61.3 Å². The third-order valence-corrected chi connectivity index (χ3v) is 9.90. The molecule has 49 heavy (non-hydrogen) atoms. The minimum absolute atomic E-state index is 0.454. The number of hydrogen-bond acceptors (Lipinski definition) is 0. The molecule has 0 aliphatic carbocycles. The maximum absolute atomic E-state index is 2.42. The van der Waals surface area contributed by atoms with E-state index < -0.39 is 0 Å². The van der Waals surface area contributed by atoms with Crippen molar-refractivity contribution < 1.29 is 0 Å². The molecule has 244 valence electrons. The highest BCUT2D eigenvalue weighted by atomic mass is 14.2. The first-order valence-corrected chi connectivity index (χ1v) is 17.8. The molecule has 0 heteroatoms. The Balaban J connectivity index is 0.000000232. The third kappa shape index (κ3) is 6.36. The first-order valence-electron chi connectivity index (χ1n) is 17.8. The summed E-state index contributed by atoms with van der Waals surface area (Å²) >= 11 is 0. The zero-order valence-electron chi connectivity index (χ0n) is 30.4. The summed E-state index contributed by atoms with van der Waals surface area (Å²) in [6.45, 7) is 17.6. The molecule has 0 radical (unpaired) electrons. The molecule has 0 aromatic heterocycles. The van der Waals surface area contributed by atoms with Gasteiger partial charge in [-0.05, 0) is 127 Å². The van der Waals surface area contributed by atoms with Crippen molar-refractivity contribution in [3.8, 4) is 22.3 Å². The predicted molar refractivity (Wildman–Crippen MR) is 218 cm³/mol. The number of benzene rings is 8. The number of aryl methyl sites for hydroxylation is 4. The van der Waals surface area contributed by atoms with Crippen LogP contribution >= 0.6 is 0 Å². The number of rotatable bonds is 3. The van der Waals surface area contributed by atoms with Crippen LogP contribution in [-0.2, 0) is 0 Å². The molecule has 0 amide bonds. The van der Waals surface area contributed by atoms with Gasteiger partial charge in [0.15, 0.2) is 0 Å². The van der Waals surface area contributed by atoms with E-state index in [0.717, 1.165) is 0 Å². The Morgan fingerprint density at radius 1 is 0.408 bits per heavy atom. The van der Waals surface area contributed by atoms with Gasteiger partial charge in [-0.1, -0.05) is 167 Å². The Morgan fingerprint density at radius 2 is 1.04 bits per heavy atom.